The summed E-state index contributed by atoms with van der Waals surface area (Å²) in [7, 11) is 0. The largest absolute Gasteiger partial charge is 0.318 e. The van der Waals surface area contributed by atoms with Crippen LogP contribution in [0.15, 0.2) is 47.4 Å². The van der Waals surface area contributed by atoms with Crippen molar-refractivity contribution in [3.63, 3.8) is 0 Å². The highest BCUT2D eigenvalue weighted by molar-refractivity contribution is 8.00. The lowest BCUT2D eigenvalue weighted by molar-refractivity contribution is -0.158. The van der Waals surface area contributed by atoms with Crippen LogP contribution in [0.5, 0.6) is 0 Å². The van der Waals surface area contributed by atoms with Crippen molar-refractivity contribution in [3.8, 4) is 0 Å². The molecule has 0 bridgehead atoms. The van der Waals surface area contributed by atoms with Crippen LogP contribution < -0.4 is 5.32 Å². The van der Waals surface area contributed by atoms with Gasteiger partial charge in [-0.1, -0.05) is 49.6 Å². The number of carbonyl (C=O) groups is 3. The molecule has 4 rings (SSSR count). The lowest BCUT2D eigenvalue weighted by Gasteiger charge is -2.47. The zero-order chi connectivity index (χ0) is 18.9. The highest BCUT2D eigenvalue weighted by Gasteiger charge is 2.50. The Labute approximate surface area is 162 Å². The summed E-state index contributed by atoms with van der Waals surface area (Å²) in [5.74, 6) is -0.610. The molecule has 1 N–H and O–H groups in total. The molecule has 1 saturated carbocycles. The van der Waals surface area contributed by atoms with Gasteiger partial charge in [-0.3, -0.25) is 19.7 Å². The summed E-state index contributed by atoms with van der Waals surface area (Å²) >= 11 is 1.45. The van der Waals surface area contributed by atoms with E-state index < -0.39 is 5.54 Å². The molecule has 140 valence electrons. The maximum atomic E-state index is 13.0. The van der Waals surface area contributed by atoms with Crippen molar-refractivity contribution in [2.45, 2.75) is 42.5 Å². The Morgan fingerprint density at radius 3 is 2.56 bits per heavy atom. The van der Waals surface area contributed by atoms with Gasteiger partial charge in [-0.2, -0.15) is 0 Å². The average Bonchev–Trinajstić information content (AvgIpc) is 2.69. The Hall–Kier alpha value is -2.34. The highest BCUT2D eigenvalue weighted by Crippen LogP contribution is 2.36. The first-order valence-corrected chi connectivity index (χ1v) is 10.3. The van der Waals surface area contributed by atoms with Gasteiger partial charge in [0, 0.05) is 4.90 Å². The summed E-state index contributed by atoms with van der Waals surface area (Å²) in [5, 5.41) is 4.73. The number of benzene rings is 2. The molecule has 1 aliphatic heterocycles. The molecule has 0 radical (unpaired) electrons. The standard InChI is InChI=1S/C21H22N2O3S/c24-18-13-23(21(20(26)22-18)10-4-1-5-11-21)19(25)14-27-17-9-8-15-6-2-3-7-16(15)12-17/h2-3,6-9,12H,1,4-5,10-11,13-14H2,(H,22,24,26). The van der Waals surface area contributed by atoms with E-state index in [0.717, 1.165) is 34.9 Å². The van der Waals surface area contributed by atoms with Gasteiger partial charge in [0.2, 0.25) is 11.8 Å². The molecule has 1 heterocycles. The quantitative estimate of drug-likeness (QED) is 0.654. The molecule has 0 aromatic heterocycles. The van der Waals surface area contributed by atoms with E-state index in [-0.39, 0.29) is 30.0 Å². The molecule has 27 heavy (non-hydrogen) atoms. The first kappa shape index (κ1) is 18.0. The molecule has 0 unspecified atom stereocenters. The summed E-state index contributed by atoms with van der Waals surface area (Å²) in [6, 6.07) is 14.2. The minimum atomic E-state index is -0.840. The van der Waals surface area contributed by atoms with Crippen LogP contribution in [0.25, 0.3) is 10.8 Å². The molecule has 1 aliphatic carbocycles. The third-order valence-electron chi connectivity index (χ3n) is 5.56. The minimum absolute atomic E-state index is 0.0249. The van der Waals surface area contributed by atoms with Gasteiger partial charge in [-0.15, -0.1) is 11.8 Å². The van der Waals surface area contributed by atoms with Crippen molar-refractivity contribution in [2.24, 2.45) is 0 Å². The van der Waals surface area contributed by atoms with E-state index >= 15 is 0 Å². The van der Waals surface area contributed by atoms with Crippen molar-refractivity contribution < 1.29 is 14.4 Å². The summed E-state index contributed by atoms with van der Waals surface area (Å²) in [6.45, 7) is -0.0249. The minimum Gasteiger partial charge on any atom is -0.318 e. The van der Waals surface area contributed by atoms with E-state index in [1.54, 1.807) is 4.90 Å². The topological polar surface area (TPSA) is 66.5 Å². The fraction of sp³-hybridized carbons (Fsp3) is 0.381. The van der Waals surface area contributed by atoms with Crippen LogP contribution in [0.3, 0.4) is 0 Å². The van der Waals surface area contributed by atoms with Crippen LogP contribution in [-0.4, -0.2) is 40.5 Å². The SMILES string of the molecule is O=C1CN(C(=O)CSc2ccc3ccccc3c2)C2(CCCCC2)C(=O)N1. The number of nitrogens with zero attached hydrogens (tertiary/aromatic N) is 1. The number of thioether (sulfide) groups is 1. The number of hydrogen-bond donors (Lipinski definition) is 1. The van der Waals surface area contributed by atoms with Crippen molar-refractivity contribution in [1.82, 2.24) is 10.2 Å². The Bertz CT molecular complexity index is 905. The van der Waals surface area contributed by atoms with E-state index in [1.807, 2.05) is 30.3 Å². The van der Waals surface area contributed by atoms with E-state index in [1.165, 1.54) is 11.8 Å². The number of rotatable bonds is 3. The van der Waals surface area contributed by atoms with Crippen molar-refractivity contribution >= 4 is 40.3 Å². The highest BCUT2D eigenvalue weighted by atomic mass is 32.2. The Morgan fingerprint density at radius 1 is 1.04 bits per heavy atom. The molecular formula is C21H22N2O3S. The second-order valence-electron chi connectivity index (χ2n) is 7.25. The number of fused-ring (bicyclic) bond motifs is 1. The average molecular weight is 382 g/mol. The maximum Gasteiger partial charge on any atom is 0.252 e. The third kappa shape index (κ3) is 3.46. The number of piperazine rings is 1. The predicted octanol–water partition coefficient (Wildman–Crippen LogP) is 3.12. The number of imide groups is 1. The molecule has 6 heteroatoms. The molecule has 2 aromatic rings. The van der Waals surface area contributed by atoms with Crippen LogP contribution >= 0.6 is 11.8 Å². The fourth-order valence-corrected chi connectivity index (χ4v) is 4.96. The molecule has 2 fully saturated rings. The normalized spacial score (nSPS) is 19.3. The molecule has 2 aromatic carbocycles. The van der Waals surface area contributed by atoms with Gasteiger partial charge < -0.3 is 4.90 Å². The maximum absolute atomic E-state index is 13.0. The van der Waals surface area contributed by atoms with Crippen LogP contribution in [-0.2, 0) is 14.4 Å². The lowest BCUT2D eigenvalue weighted by atomic mass is 9.78. The summed E-state index contributed by atoms with van der Waals surface area (Å²) in [4.78, 5) is 40.0. The molecule has 2 aliphatic rings. The van der Waals surface area contributed by atoms with E-state index in [9.17, 15) is 14.4 Å². The molecule has 1 saturated heterocycles. The zero-order valence-electron chi connectivity index (χ0n) is 15.1. The van der Waals surface area contributed by atoms with Gasteiger partial charge in [0.1, 0.15) is 12.1 Å². The Morgan fingerprint density at radius 2 is 1.78 bits per heavy atom. The summed E-state index contributed by atoms with van der Waals surface area (Å²) < 4.78 is 0. The van der Waals surface area contributed by atoms with E-state index in [2.05, 4.69) is 17.4 Å². The number of hydrogen-bond acceptors (Lipinski definition) is 4. The van der Waals surface area contributed by atoms with Crippen molar-refractivity contribution in [3.05, 3.63) is 42.5 Å². The van der Waals surface area contributed by atoms with Gasteiger partial charge in [0.15, 0.2) is 0 Å². The monoisotopic (exact) mass is 382 g/mol. The Kier molecular flexibility index (Phi) is 4.91. The van der Waals surface area contributed by atoms with Crippen molar-refractivity contribution in [1.29, 1.82) is 0 Å². The van der Waals surface area contributed by atoms with Crippen LogP contribution in [0.1, 0.15) is 32.1 Å². The molecule has 5 nitrogen and oxygen atoms in total. The fourth-order valence-electron chi connectivity index (χ4n) is 4.14. The zero-order valence-corrected chi connectivity index (χ0v) is 15.9. The molecule has 1 spiro atoms. The second-order valence-corrected chi connectivity index (χ2v) is 8.30. The summed E-state index contributed by atoms with van der Waals surface area (Å²) in [5.41, 5.74) is -0.840. The molecule has 0 atom stereocenters. The number of amides is 3. The second kappa shape index (κ2) is 7.35. The van der Waals surface area contributed by atoms with E-state index in [4.69, 9.17) is 0 Å². The van der Waals surface area contributed by atoms with Crippen LogP contribution in [0, 0.1) is 0 Å². The third-order valence-corrected chi connectivity index (χ3v) is 6.54. The lowest BCUT2D eigenvalue weighted by Crippen LogP contribution is -2.69. The number of carbonyl (C=O) groups excluding carboxylic acids is 3. The van der Waals surface area contributed by atoms with Gasteiger partial charge >= 0.3 is 0 Å². The Balaban J connectivity index is 1.51. The predicted molar refractivity (Wildman–Crippen MR) is 105 cm³/mol. The first-order chi connectivity index (χ1) is 13.1. The van der Waals surface area contributed by atoms with Gasteiger partial charge in [-0.05, 0) is 35.7 Å². The van der Waals surface area contributed by atoms with Crippen molar-refractivity contribution in [2.75, 3.05) is 12.3 Å². The summed E-state index contributed by atoms with van der Waals surface area (Å²) in [6.07, 6.45) is 4.15. The van der Waals surface area contributed by atoms with Gasteiger partial charge in [0.25, 0.3) is 5.91 Å². The van der Waals surface area contributed by atoms with Crippen LogP contribution in [0.2, 0.25) is 0 Å². The van der Waals surface area contributed by atoms with Gasteiger partial charge in [-0.25, -0.2) is 0 Å². The van der Waals surface area contributed by atoms with Crippen LogP contribution in [0.4, 0.5) is 0 Å². The van der Waals surface area contributed by atoms with E-state index in [0.29, 0.717) is 12.8 Å². The smallest absolute Gasteiger partial charge is 0.252 e. The van der Waals surface area contributed by atoms with Gasteiger partial charge in [0.05, 0.1) is 5.75 Å². The number of nitrogens with one attached hydrogen (secondary N) is 1. The first-order valence-electron chi connectivity index (χ1n) is 9.35. The molecular weight excluding hydrogens is 360 g/mol. The molecule has 3 amide bonds.